The number of amides is 1. The maximum absolute atomic E-state index is 13.4. The van der Waals surface area contributed by atoms with E-state index in [-0.39, 0.29) is 17.1 Å². The normalized spacial score (nSPS) is 15.6. The van der Waals surface area contributed by atoms with Crippen LogP contribution in [0.15, 0.2) is 57.7 Å². The van der Waals surface area contributed by atoms with Gasteiger partial charge in [0.15, 0.2) is 5.43 Å². The van der Waals surface area contributed by atoms with E-state index < -0.39 is 6.04 Å². The highest BCUT2D eigenvalue weighted by Gasteiger charge is 2.42. The van der Waals surface area contributed by atoms with Crippen LogP contribution in [0.5, 0.6) is 5.75 Å². The molecular formula is C24H25NO5. The van der Waals surface area contributed by atoms with Gasteiger partial charge < -0.3 is 18.8 Å². The molecule has 1 atom stereocenters. The quantitative estimate of drug-likeness (QED) is 0.525. The molecule has 156 valence electrons. The number of nitrogens with zero attached hydrogens (tertiary/aromatic N) is 1. The van der Waals surface area contributed by atoms with Crippen LogP contribution in [0.2, 0.25) is 0 Å². The van der Waals surface area contributed by atoms with Gasteiger partial charge in [0, 0.05) is 13.7 Å². The maximum Gasteiger partial charge on any atom is 0.290 e. The fourth-order valence-corrected chi connectivity index (χ4v) is 3.84. The first-order valence-corrected chi connectivity index (χ1v) is 10.2. The van der Waals surface area contributed by atoms with Gasteiger partial charge in [-0.3, -0.25) is 9.59 Å². The van der Waals surface area contributed by atoms with E-state index in [9.17, 15) is 9.59 Å². The number of fused-ring (bicyclic) bond motifs is 2. The third kappa shape index (κ3) is 3.59. The lowest BCUT2D eigenvalue weighted by Gasteiger charge is -2.25. The van der Waals surface area contributed by atoms with Crippen molar-refractivity contribution >= 4 is 16.9 Å². The molecule has 6 nitrogen and oxygen atoms in total. The van der Waals surface area contributed by atoms with Crippen LogP contribution in [0.3, 0.4) is 0 Å². The van der Waals surface area contributed by atoms with Gasteiger partial charge in [0.2, 0.25) is 5.76 Å². The first-order valence-electron chi connectivity index (χ1n) is 10.2. The van der Waals surface area contributed by atoms with Gasteiger partial charge in [-0.15, -0.1) is 0 Å². The summed E-state index contributed by atoms with van der Waals surface area (Å²) in [5.74, 6) is 0.531. The topological polar surface area (TPSA) is 69.0 Å². The van der Waals surface area contributed by atoms with Crippen molar-refractivity contribution in [3.63, 3.8) is 0 Å². The van der Waals surface area contributed by atoms with Gasteiger partial charge in [0.05, 0.1) is 30.2 Å². The first-order chi connectivity index (χ1) is 14.7. The lowest BCUT2D eigenvalue weighted by Crippen LogP contribution is -2.32. The third-order valence-electron chi connectivity index (χ3n) is 5.35. The Hall–Kier alpha value is -3.12. The molecule has 0 fully saturated rings. The molecule has 0 bridgehead atoms. The number of hydrogen-bond acceptors (Lipinski definition) is 5. The highest BCUT2D eigenvalue weighted by molar-refractivity contribution is 5.99. The second-order valence-electron chi connectivity index (χ2n) is 7.34. The number of benzene rings is 2. The summed E-state index contributed by atoms with van der Waals surface area (Å²) in [5, 5.41) is 0.470. The number of unbranched alkanes of at least 4 members (excludes halogenated alkanes) is 1. The minimum absolute atomic E-state index is 0.108. The monoisotopic (exact) mass is 407 g/mol. The highest BCUT2D eigenvalue weighted by atomic mass is 16.5. The number of para-hydroxylation sites is 1. The SMILES string of the molecule is CCCCOc1cccc(C2c3c(oc4ccccc4c3=O)C(=O)N2CCOC)c1. The molecule has 6 heteroatoms. The van der Waals surface area contributed by atoms with Crippen LogP contribution < -0.4 is 10.2 Å². The molecule has 2 heterocycles. The Morgan fingerprint density at radius 2 is 1.90 bits per heavy atom. The fraction of sp³-hybridized carbons (Fsp3) is 0.333. The molecule has 1 amide bonds. The van der Waals surface area contributed by atoms with Crippen molar-refractivity contribution in [2.45, 2.75) is 25.8 Å². The number of hydrogen-bond donors (Lipinski definition) is 0. The predicted octanol–water partition coefficient (Wildman–Crippen LogP) is 4.16. The molecule has 1 aliphatic rings. The van der Waals surface area contributed by atoms with E-state index in [1.807, 2.05) is 24.3 Å². The number of carbonyl (C=O) groups is 1. The Labute approximate surface area is 175 Å². The Morgan fingerprint density at radius 3 is 2.70 bits per heavy atom. The van der Waals surface area contributed by atoms with Gasteiger partial charge in [-0.1, -0.05) is 37.6 Å². The molecule has 1 aromatic heterocycles. The lowest BCUT2D eigenvalue weighted by atomic mass is 9.98. The highest BCUT2D eigenvalue weighted by Crippen LogP contribution is 2.38. The molecule has 2 aromatic carbocycles. The molecule has 0 N–H and O–H groups in total. The zero-order valence-electron chi connectivity index (χ0n) is 17.2. The maximum atomic E-state index is 13.4. The van der Waals surface area contributed by atoms with Crippen LogP contribution >= 0.6 is 0 Å². The summed E-state index contributed by atoms with van der Waals surface area (Å²) in [6.45, 7) is 3.44. The Bertz CT molecular complexity index is 1120. The molecule has 3 aromatic rings. The van der Waals surface area contributed by atoms with E-state index in [0.717, 1.165) is 24.2 Å². The van der Waals surface area contributed by atoms with Gasteiger partial charge in [-0.2, -0.15) is 0 Å². The standard InChI is InChI=1S/C24H25NO5/c1-3-4-13-29-17-9-7-8-16(15-17)21-20-22(26)18-10-5-6-11-19(18)30-23(20)24(27)25(21)12-14-28-2/h5-11,15,21H,3-4,12-14H2,1-2H3. The van der Waals surface area contributed by atoms with Crippen LogP contribution in [0.25, 0.3) is 11.0 Å². The summed E-state index contributed by atoms with van der Waals surface area (Å²) in [6.07, 6.45) is 2.01. The van der Waals surface area contributed by atoms with E-state index >= 15 is 0 Å². The van der Waals surface area contributed by atoms with Crippen LogP contribution in [0.4, 0.5) is 0 Å². The van der Waals surface area contributed by atoms with E-state index in [1.54, 1.807) is 36.3 Å². The van der Waals surface area contributed by atoms with Gasteiger partial charge >= 0.3 is 0 Å². The summed E-state index contributed by atoms with van der Waals surface area (Å²) in [5.41, 5.74) is 1.43. The molecular weight excluding hydrogens is 382 g/mol. The van der Waals surface area contributed by atoms with Crippen LogP contribution in [-0.2, 0) is 4.74 Å². The van der Waals surface area contributed by atoms with Crippen molar-refractivity contribution in [2.75, 3.05) is 26.9 Å². The summed E-state index contributed by atoms with van der Waals surface area (Å²) in [7, 11) is 1.59. The number of rotatable bonds is 8. The second kappa shape index (κ2) is 8.71. The van der Waals surface area contributed by atoms with Crippen molar-refractivity contribution in [1.82, 2.24) is 4.90 Å². The Balaban J connectivity index is 1.83. The first kappa shape index (κ1) is 20.2. The minimum Gasteiger partial charge on any atom is -0.494 e. The molecule has 0 saturated carbocycles. The Kier molecular flexibility index (Phi) is 5.86. The predicted molar refractivity (Wildman–Crippen MR) is 114 cm³/mol. The zero-order chi connectivity index (χ0) is 21.1. The summed E-state index contributed by atoms with van der Waals surface area (Å²) < 4.78 is 17.0. The van der Waals surface area contributed by atoms with E-state index in [4.69, 9.17) is 13.9 Å². The largest absolute Gasteiger partial charge is 0.494 e. The van der Waals surface area contributed by atoms with Gasteiger partial charge in [0.1, 0.15) is 11.3 Å². The molecule has 0 spiro atoms. The molecule has 4 rings (SSSR count). The minimum atomic E-state index is -0.543. The van der Waals surface area contributed by atoms with Crippen molar-refractivity contribution in [1.29, 1.82) is 0 Å². The smallest absolute Gasteiger partial charge is 0.290 e. The third-order valence-corrected chi connectivity index (χ3v) is 5.35. The molecule has 0 saturated heterocycles. The summed E-state index contributed by atoms with van der Waals surface area (Å²) in [6, 6.07) is 14.1. The van der Waals surface area contributed by atoms with Gasteiger partial charge in [-0.25, -0.2) is 0 Å². The number of methoxy groups -OCH3 is 1. The molecule has 1 unspecified atom stereocenters. The summed E-state index contributed by atoms with van der Waals surface area (Å²) in [4.78, 5) is 28.2. The average Bonchev–Trinajstić information content (AvgIpc) is 3.05. The average molecular weight is 407 g/mol. The van der Waals surface area contributed by atoms with Crippen molar-refractivity contribution < 1.29 is 18.7 Å². The fourth-order valence-electron chi connectivity index (χ4n) is 3.84. The Morgan fingerprint density at radius 1 is 1.07 bits per heavy atom. The number of ether oxygens (including phenoxy) is 2. The van der Waals surface area contributed by atoms with Crippen LogP contribution in [0, 0.1) is 0 Å². The van der Waals surface area contributed by atoms with E-state index in [2.05, 4.69) is 6.92 Å². The van der Waals surface area contributed by atoms with Crippen molar-refractivity contribution in [3.8, 4) is 5.75 Å². The molecule has 1 aliphatic heterocycles. The second-order valence-corrected chi connectivity index (χ2v) is 7.34. The van der Waals surface area contributed by atoms with E-state index in [1.165, 1.54) is 0 Å². The zero-order valence-corrected chi connectivity index (χ0v) is 17.2. The van der Waals surface area contributed by atoms with E-state index in [0.29, 0.717) is 36.3 Å². The molecule has 0 aliphatic carbocycles. The van der Waals surface area contributed by atoms with Crippen LogP contribution in [0.1, 0.15) is 47.5 Å². The molecule has 30 heavy (non-hydrogen) atoms. The van der Waals surface area contributed by atoms with Gasteiger partial charge in [-0.05, 0) is 36.2 Å². The number of carbonyl (C=O) groups excluding carboxylic acids is 1. The lowest BCUT2D eigenvalue weighted by molar-refractivity contribution is 0.0663. The summed E-state index contributed by atoms with van der Waals surface area (Å²) >= 11 is 0. The van der Waals surface area contributed by atoms with Crippen molar-refractivity contribution in [2.24, 2.45) is 0 Å². The van der Waals surface area contributed by atoms with Gasteiger partial charge in [0.25, 0.3) is 5.91 Å². The van der Waals surface area contributed by atoms with Crippen molar-refractivity contribution in [3.05, 3.63) is 75.6 Å². The van der Waals surface area contributed by atoms with Crippen LogP contribution in [-0.4, -0.2) is 37.7 Å². The molecule has 0 radical (unpaired) electrons.